The first-order valence-electron chi connectivity index (χ1n) is 5.27. The maximum Gasteiger partial charge on any atom is 0.224 e. The Labute approximate surface area is 115 Å². The Morgan fingerprint density at radius 2 is 2.29 bits per heavy atom. The van der Waals surface area contributed by atoms with Crippen molar-refractivity contribution in [1.29, 1.82) is 0 Å². The zero-order valence-electron chi connectivity index (χ0n) is 9.80. The molecule has 3 nitrogen and oxygen atoms in total. The average Bonchev–Trinajstić information content (AvgIpc) is 2.25. The monoisotopic (exact) mass is 319 g/mol. The predicted molar refractivity (Wildman–Crippen MR) is 73.4 cm³/mol. The molecule has 1 rings (SSSR count). The molecule has 94 valence electrons. The van der Waals surface area contributed by atoms with E-state index in [-0.39, 0.29) is 11.8 Å². The quantitative estimate of drug-likeness (QED) is 0.898. The van der Waals surface area contributed by atoms with Crippen molar-refractivity contribution >= 4 is 39.1 Å². The summed E-state index contributed by atoms with van der Waals surface area (Å²) in [4.78, 5) is 11.7. The minimum atomic E-state index is -0.0440. The van der Waals surface area contributed by atoms with Crippen LogP contribution in [0.15, 0.2) is 22.7 Å². The van der Waals surface area contributed by atoms with Crippen molar-refractivity contribution in [2.75, 3.05) is 19.0 Å². The van der Waals surface area contributed by atoms with Crippen molar-refractivity contribution in [3.05, 3.63) is 27.7 Å². The smallest absolute Gasteiger partial charge is 0.224 e. The molecule has 0 saturated heterocycles. The Kier molecular flexibility index (Phi) is 5.95. The van der Waals surface area contributed by atoms with Gasteiger partial charge in [-0.1, -0.05) is 24.6 Å². The second-order valence-electron chi connectivity index (χ2n) is 3.91. The minimum Gasteiger partial charge on any atom is -0.384 e. The molecule has 0 aliphatic carbocycles. The molecule has 1 N–H and O–H groups in total. The number of hydrogen-bond acceptors (Lipinski definition) is 2. The molecule has 1 atom stereocenters. The van der Waals surface area contributed by atoms with Crippen molar-refractivity contribution in [2.45, 2.75) is 13.3 Å². The van der Waals surface area contributed by atoms with E-state index in [9.17, 15) is 4.79 Å². The zero-order valence-corrected chi connectivity index (χ0v) is 12.1. The van der Waals surface area contributed by atoms with Gasteiger partial charge in [-0.3, -0.25) is 4.79 Å². The molecule has 0 aliphatic rings. The van der Waals surface area contributed by atoms with Gasteiger partial charge in [-0.15, -0.1) is 0 Å². The number of hydrogen-bond donors (Lipinski definition) is 1. The van der Waals surface area contributed by atoms with Crippen LogP contribution in [-0.2, 0) is 9.53 Å². The third kappa shape index (κ3) is 4.66. The molecule has 0 fully saturated rings. The number of anilines is 1. The molecule has 0 heterocycles. The summed E-state index contributed by atoms with van der Waals surface area (Å²) < 4.78 is 5.69. The predicted octanol–water partition coefficient (Wildman–Crippen LogP) is 3.71. The van der Waals surface area contributed by atoms with Crippen LogP contribution in [0.4, 0.5) is 5.69 Å². The van der Waals surface area contributed by atoms with Gasteiger partial charge < -0.3 is 10.1 Å². The number of methoxy groups -OCH3 is 1. The summed E-state index contributed by atoms with van der Waals surface area (Å²) in [5.41, 5.74) is 0.687. The van der Waals surface area contributed by atoms with E-state index < -0.39 is 0 Å². The van der Waals surface area contributed by atoms with Crippen LogP contribution in [0.5, 0.6) is 0 Å². The molecule has 0 bridgehead atoms. The number of carbonyl (C=O) groups is 1. The number of halogens is 2. The number of ether oxygens (including phenoxy) is 1. The summed E-state index contributed by atoms with van der Waals surface area (Å²) in [7, 11) is 1.63. The Balaban J connectivity index is 2.59. The highest BCUT2D eigenvalue weighted by Crippen LogP contribution is 2.30. The van der Waals surface area contributed by atoms with E-state index in [4.69, 9.17) is 16.3 Å². The maximum absolute atomic E-state index is 11.7. The van der Waals surface area contributed by atoms with Crippen molar-refractivity contribution in [1.82, 2.24) is 0 Å². The van der Waals surface area contributed by atoms with E-state index in [1.54, 1.807) is 25.3 Å². The Hall–Kier alpha value is -0.580. The maximum atomic E-state index is 11.7. The van der Waals surface area contributed by atoms with Crippen LogP contribution in [0.3, 0.4) is 0 Å². The summed E-state index contributed by atoms with van der Waals surface area (Å²) in [5.74, 6) is 0.149. The molecule has 0 spiro atoms. The standard InChI is InChI=1S/C12H15BrClNO2/c1-8(7-17-2)6-11(16)15-10-5-3-4-9(14)12(10)13/h3-5,8H,6-7H2,1-2H3,(H,15,16). The van der Waals surface area contributed by atoms with Crippen LogP contribution >= 0.6 is 27.5 Å². The molecule has 0 saturated carbocycles. The lowest BCUT2D eigenvalue weighted by molar-refractivity contribution is -0.117. The van der Waals surface area contributed by atoms with Crippen molar-refractivity contribution in [3.8, 4) is 0 Å². The van der Waals surface area contributed by atoms with Crippen LogP contribution in [0.1, 0.15) is 13.3 Å². The average molecular weight is 321 g/mol. The third-order valence-corrected chi connectivity index (χ3v) is 3.61. The number of benzene rings is 1. The molecule has 0 aliphatic heterocycles. The van der Waals surface area contributed by atoms with E-state index in [0.717, 1.165) is 0 Å². The summed E-state index contributed by atoms with van der Waals surface area (Å²) in [6.07, 6.45) is 0.423. The Morgan fingerprint density at radius 1 is 1.59 bits per heavy atom. The molecule has 5 heteroatoms. The number of rotatable bonds is 5. The van der Waals surface area contributed by atoms with Gasteiger partial charge in [0.2, 0.25) is 5.91 Å². The molecule has 17 heavy (non-hydrogen) atoms. The van der Waals surface area contributed by atoms with Crippen LogP contribution in [0, 0.1) is 5.92 Å². The fourth-order valence-electron chi connectivity index (χ4n) is 1.46. The summed E-state index contributed by atoms with van der Waals surface area (Å²) >= 11 is 9.27. The topological polar surface area (TPSA) is 38.3 Å². The van der Waals surface area contributed by atoms with Crippen molar-refractivity contribution in [3.63, 3.8) is 0 Å². The van der Waals surface area contributed by atoms with Crippen LogP contribution in [0.2, 0.25) is 5.02 Å². The number of amides is 1. The molecule has 1 aromatic carbocycles. The minimum absolute atomic E-state index is 0.0440. The van der Waals surface area contributed by atoms with Gasteiger partial charge in [-0.05, 0) is 34.0 Å². The lowest BCUT2D eigenvalue weighted by atomic mass is 10.1. The van der Waals surface area contributed by atoms with Crippen LogP contribution < -0.4 is 5.32 Å². The van der Waals surface area contributed by atoms with E-state index in [1.807, 2.05) is 6.92 Å². The van der Waals surface area contributed by atoms with Gasteiger partial charge in [-0.2, -0.15) is 0 Å². The van der Waals surface area contributed by atoms with Gasteiger partial charge >= 0.3 is 0 Å². The molecule has 0 radical (unpaired) electrons. The fourth-order valence-corrected chi connectivity index (χ4v) is 2.00. The summed E-state index contributed by atoms with van der Waals surface area (Å²) in [5, 5.41) is 3.39. The SMILES string of the molecule is COCC(C)CC(=O)Nc1cccc(Cl)c1Br. The number of carbonyl (C=O) groups excluding carboxylic acids is 1. The van der Waals surface area contributed by atoms with Crippen LogP contribution in [0.25, 0.3) is 0 Å². The van der Waals surface area contributed by atoms with E-state index in [1.165, 1.54) is 0 Å². The highest BCUT2D eigenvalue weighted by Gasteiger charge is 2.11. The molecule has 0 aromatic heterocycles. The molecule has 1 aromatic rings. The van der Waals surface area contributed by atoms with Gasteiger partial charge in [0.1, 0.15) is 0 Å². The highest BCUT2D eigenvalue weighted by molar-refractivity contribution is 9.10. The normalized spacial score (nSPS) is 12.2. The first kappa shape index (κ1) is 14.5. The lowest BCUT2D eigenvalue weighted by Gasteiger charge is -2.11. The largest absolute Gasteiger partial charge is 0.384 e. The molecular weight excluding hydrogens is 305 g/mol. The first-order valence-corrected chi connectivity index (χ1v) is 6.44. The second-order valence-corrected chi connectivity index (χ2v) is 5.11. The third-order valence-electron chi connectivity index (χ3n) is 2.21. The Bertz CT molecular complexity index is 398. The van der Waals surface area contributed by atoms with Gasteiger partial charge in [0.25, 0.3) is 0 Å². The zero-order chi connectivity index (χ0) is 12.8. The van der Waals surface area contributed by atoms with Gasteiger partial charge in [0.15, 0.2) is 0 Å². The fraction of sp³-hybridized carbons (Fsp3) is 0.417. The summed E-state index contributed by atoms with van der Waals surface area (Å²) in [6, 6.07) is 5.35. The first-order chi connectivity index (χ1) is 8.04. The van der Waals surface area contributed by atoms with Gasteiger partial charge in [0.05, 0.1) is 15.2 Å². The summed E-state index contributed by atoms with van der Waals surface area (Å²) in [6.45, 7) is 2.54. The van der Waals surface area contributed by atoms with E-state index in [0.29, 0.717) is 28.2 Å². The van der Waals surface area contributed by atoms with Crippen LogP contribution in [-0.4, -0.2) is 19.6 Å². The number of nitrogens with one attached hydrogen (secondary N) is 1. The van der Waals surface area contributed by atoms with E-state index >= 15 is 0 Å². The second kappa shape index (κ2) is 6.99. The molecule has 1 amide bonds. The van der Waals surface area contributed by atoms with Crippen molar-refractivity contribution in [2.24, 2.45) is 5.92 Å². The van der Waals surface area contributed by atoms with E-state index in [2.05, 4.69) is 21.2 Å². The molecular formula is C12H15BrClNO2. The Morgan fingerprint density at radius 3 is 2.94 bits per heavy atom. The lowest BCUT2D eigenvalue weighted by Crippen LogP contribution is -2.17. The van der Waals surface area contributed by atoms with Crippen molar-refractivity contribution < 1.29 is 9.53 Å². The van der Waals surface area contributed by atoms with Gasteiger partial charge in [-0.25, -0.2) is 0 Å². The highest BCUT2D eigenvalue weighted by atomic mass is 79.9. The van der Waals surface area contributed by atoms with Gasteiger partial charge in [0, 0.05) is 20.1 Å². The molecule has 1 unspecified atom stereocenters.